The molecule has 1 heterocycles. The van der Waals surface area contributed by atoms with E-state index >= 15 is 0 Å². The van der Waals surface area contributed by atoms with Crippen LogP contribution in [0.25, 0.3) is 0 Å². The fourth-order valence-electron chi connectivity index (χ4n) is 1.61. The Morgan fingerprint density at radius 3 is 2.47 bits per heavy atom. The van der Waals surface area contributed by atoms with Gasteiger partial charge in [-0.15, -0.1) is 0 Å². The molecule has 0 aliphatic carbocycles. The lowest BCUT2D eigenvalue weighted by Crippen LogP contribution is -2.48. The SMILES string of the molecule is CN1CCC(NC(=O)C(C)(C)CO)CC1. The maximum Gasteiger partial charge on any atom is 0.228 e. The second-order valence-corrected chi connectivity index (χ2v) is 5.09. The fourth-order valence-corrected chi connectivity index (χ4v) is 1.61. The van der Waals surface area contributed by atoms with Gasteiger partial charge in [-0.2, -0.15) is 0 Å². The van der Waals surface area contributed by atoms with Gasteiger partial charge in [0.25, 0.3) is 0 Å². The van der Waals surface area contributed by atoms with Gasteiger partial charge >= 0.3 is 0 Å². The third-order valence-electron chi connectivity index (χ3n) is 3.06. The van der Waals surface area contributed by atoms with Crippen LogP contribution < -0.4 is 5.32 Å². The van der Waals surface area contributed by atoms with Gasteiger partial charge in [0.2, 0.25) is 5.91 Å². The van der Waals surface area contributed by atoms with Crippen molar-refractivity contribution < 1.29 is 9.90 Å². The average Bonchev–Trinajstić information content (AvgIpc) is 2.21. The van der Waals surface area contributed by atoms with Gasteiger partial charge in [0.1, 0.15) is 0 Å². The Morgan fingerprint density at radius 2 is 2.00 bits per heavy atom. The van der Waals surface area contributed by atoms with Gasteiger partial charge in [0, 0.05) is 6.04 Å². The van der Waals surface area contributed by atoms with Gasteiger partial charge in [0.05, 0.1) is 12.0 Å². The van der Waals surface area contributed by atoms with E-state index in [4.69, 9.17) is 5.11 Å². The molecule has 0 aromatic heterocycles. The predicted molar refractivity (Wildman–Crippen MR) is 59.5 cm³/mol. The summed E-state index contributed by atoms with van der Waals surface area (Å²) in [6.07, 6.45) is 2.01. The minimum absolute atomic E-state index is 0.0421. The molecule has 88 valence electrons. The normalized spacial score (nSPS) is 20.3. The third-order valence-corrected chi connectivity index (χ3v) is 3.06. The largest absolute Gasteiger partial charge is 0.395 e. The van der Waals surface area contributed by atoms with Crippen molar-refractivity contribution in [1.82, 2.24) is 10.2 Å². The maximum absolute atomic E-state index is 11.8. The number of hydrogen-bond donors (Lipinski definition) is 2. The molecule has 1 aliphatic rings. The second kappa shape index (κ2) is 4.94. The van der Waals surface area contributed by atoms with Crippen LogP contribution in [0.3, 0.4) is 0 Å². The van der Waals surface area contributed by atoms with Crippen molar-refractivity contribution in [1.29, 1.82) is 0 Å². The zero-order chi connectivity index (χ0) is 11.5. The van der Waals surface area contributed by atoms with E-state index in [9.17, 15) is 4.79 Å². The average molecular weight is 214 g/mol. The summed E-state index contributed by atoms with van der Waals surface area (Å²) in [6, 6.07) is 0.277. The first-order chi connectivity index (χ1) is 6.95. The zero-order valence-electron chi connectivity index (χ0n) is 9.92. The van der Waals surface area contributed by atoms with Gasteiger partial charge in [0.15, 0.2) is 0 Å². The maximum atomic E-state index is 11.8. The molecule has 0 radical (unpaired) electrons. The molecule has 1 aliphatic heterocycles. The first-order valence-corrected chi connectivity index (χ1v) is 5.56. The van der Waals surface area contributed by atoms with E-state index in [1.165, 1.54) is 0 Å². The fraction of sp³-hybridized carbons (Fsp3) is 0.909. The number of nitrogens with one attached hydrogen (secondary N) is 1. The molecule has 0 spiro atoms. The molecule has 0 unspecified atom stereocenters. The molecule has 0 aromatic carbocycles. The quantitative estimate of drug-likeness (QED) is 0.706. The Labute approximate surface area is 91.6 Å². The lowest BCUT2D eigenvalue weighted by Gasteiger charge is -2.31. The smallest absolute Gasteiger partial charge is 0.228 e. The molecule has 15 heavy (non-hydrogen) atoms. The molecule has 0 aromatic rings. The van der Waals surface area contributed by atoms with Crippen LogP contribution in [-0.4, -0.2) is 48.7 Å². The van der Waals surface area contributed by atoms with Crippen LogP contribution in [0.5, 0.6) is 0 Å². The Hall–Kier alpha value is -0.610. The van der Waals surface area contributed by atoms with Gasteiger partial charge in [-0.25, -0.2) is 0 Å². The first kappa shape index (κ1) is 12.5. The monoisotopic (exact) mass is 214 g/mol. The van der Waals surface area contributed by atoms with Crippen LogP contribution in [0.1, 0.15) is 26.7 Å². The molecular weight excluding hydrogens is 192 g/mol. The molecule has 1 fully saturated rings. The zero-order valence-corrected chi connectivity index (χ0v) is 9.92. The number of rotatable bonds is 3. The Bertz CT molecular complexity index is 221. The Balaban J connectivity index is 2.39. The van der Waals surface area contributed by atoms with E-state index in [0.29, 0.717) is 0 Å². The summed E-state index contributed by atoms with van der Waals surface area (Å²) in [6.45, 7) is 5.48. The molecule has 1 saturated heterocycles. The molecule has 0 saturated carbocycles. The van der Waals surface area contributed by atoms with Crippen LogP contribution in [0.15, 0.2) is 0 Å². The molecule has 4 nitrogen and oxygen atoms in total. The van der Waals surface area contributed by atoms with E-state index in [0.717, 1.165) is 25.9 Å². The van der Waals surface area contributed by atoms with Crippen molar-refractivity contribution in [2.45, 2.75) is 32.7 Å². The summed E-state index contributed by atoms with van der Waals surface area (Å²) < 4.78 is 0. The molecule has 2 N–H and O–H groups in total. The summed E-state index contributed by atoms with van der Waals surface area (Å²) in [7, 11) is 2.09. The number of piperidine rings is 1. The van der Waals surface area contributed by atoms with Crippen molar-refractivity contribution >= 4 is 5.91 Å². The Morgan fingerprint density at radius 1 is 1.47 bits per heavy atom. The van der Waals surface area contributed by atoms with E-state index in [-0.39, 0.29) is 18.6 Å². The van der Waals surface area contributed by atoms with E-state index in [1.807, 2.05) is 0 Å². The minimum Gasteiger partial charge on any atom is -0.395 e. The summed E-state index contributed by atoms with van der Waals surface area (Å²) in [5.74, 6) is -0.0421. The van der Waals surface area contributed by atoms with Gasteiger partial charge in [-0.3, -0.25) is 4.79 Å². The van der Waals surface area contributed by atoms with Crippen LogP contribution in [0.2, 0.25) is 0 Å². The molecular formula is C11H22N2O2. The van der Waals surface area contributed by atoms with Crippen molar-refractivity contribution in [2.75, 3.05) is 26.7 Å². The molecule has 0 atom stereocenters. The molecule has 0 bridgehead atoms. The van der Waals surface area contributed by atoms with Crippen molar-refractivity contribution in [3.05, 3.63) is 0 Å². The van der Waals surface area contributed by atoms with Gasteiger partial charge < -0.3 is 15.3 Å². The third kappa shape index (κ3) is 3.47. The van der Waals surface area contributed by atoms with Crippen molar-refractivity contribution in [3.63, 3.8) is 0 Å². The number of aliphatic hydroxyl groups is 1. The second-order valence-electron chi connectivity index (χ2n) is 5.09. The predicted octanol–water partition coefficient (Wildman–Crippen LogP) is 0.215. The summed E-state index contributed by atoms with van der Waals surface area (Å²) in [5, 5.41) is 12.1. The van der Waals surface area contributed by atoms with Crippen LogP contribution in [0, 0.1) is 5.41 Å². The van der Waals surface area contributed by atoms with E-state index < -0.39 is 5.41 Å². The van der Waals surface area contributed by atoms with Gasteiger partial charge in [-0.1, -0.05) is 0 Å². The number of hydrogen-bond acceptors (Lipinski definition) is 3. The molecule has 1 rings (SSSR count). The number of nitrogens with zero attached hydrogens (tertiary/aromatic N) is 1. The number of amides is 1. The lowest BCUT2D eigenvalue weighted by molar-refractivity contribution is -0.132. The Kier molecular flexibility index (Phi) is 4.11. The summed E-state index contributed by atoms with van der Waals surface area (Å²) in [5.41, 5.74) is -0.663. The summed E-state index contributed by atoms with van der Waals surface area (Å²) in [4.78, 5) is 14.0. The van der Waals surface area contributed by atoms with Crippen molar-refractivity contribution in [2.24, 2.45) is 5.41 Å². The van der Waals surface area contributed by atoms with Crippen LogP contribution in [0.4, 0.5) is 0 Å². The number of aliphatic hydroxyl groups excluding tert-OH is 1. The number of carbonyl (C=O) groups is 1. The van der Waals surface area contributed by atoms with Crippen molar-refractivity contribution in [3.8, 4) is 0 Å². The topological polar surface area (TPSA) is 52.6 Å². The van der Waals surface area contributed by atoms with Crippen LogP contribution >= 0.6 is 0 Å². The molecule has 4 heteroatoms. The highest BCUT2D eigenvalue weighted by atomic mass is 16.3. The minimum atomic E-state index is -0.663. The van der Waals surface area contributed by atoms with Gasteiger partial charge in [-0.05, 0) is 46.8 Å². The highest BCUT2D eigenvalue weighted by Crippen LogP contribution is 2.16. The van der Waals surface area contributed by atoms with E-state index in [1.54, 1.807) is 13.8 Å². The summed E-state index contributed by atoms with van der Waals surface area (Å²) >= 11 is 0. The highest BCUT2D eigenvalue weighted by Gasteiger charge is 2.29. The first-order valence-electron chi connectivity index (χ1n) is 5.56. The van der Waals surface area contributed by atoms with E-state index in [2.05, 4.69) is 17.3 Å². The van der Waals surface area contributed by atoms with Crippen LogP contribution in [-0.2, 0) is 4.79 Å². The molecule has 1 amide bonds. The number of carbonyl (C=O) groups excluding carboxylic acids is 1. The highest BCUT2D eigenvalue weighted by molar-refractivity contribution is 5.82. The number of likely N-dealkylation sites (tertiary alicyclic amines) is 1. The standard InChI is InChI=1S/C11H22N2O2/c1-11(2,8-14)10(15)12-9-4-6-13(3)7-5-9/h9,14H,4-8H2,1-3H3,(H,12,15). The lowest BCUT2D eigenvalue weighted by atomic mass is 9.92.